The van der Waals surface area contributed by atoms with E-state index in [1.54, 1.807) is 24.3 Å². The Bertz CT molecular complexity index is 628. The third-order valence-corrected chi connectivity index (χ3v) is 3.10. The molecule has 2 rings (SSSR count). The van der Waals surface area contributed by atoms with Crippen molar-refractivity contribution < 1.29 is 14.7 Å². The number of aliphatic carboxylic acids is 1. The molecule has 0 spiro atoms. The normalized spacial score (nSPS) is 11.9. The number of carbonyl (C=O) groups is 2. The number of aromatic nitrogens is 2. The van der Waals surface area contributed by atoms with Crippen LogP contribution in [-0.2, 0) is 22.4 Å². The minimum atomic E-state index is -1.09. The van der Waals surface area contributed by atoms with Crippen LogP contribution >= 0.6 is 11.6 Å². The van der Waals surface area contributed by atoms with Gasteiger partial charge in [0.25, 0.3) is 0 Å². The monoisotopic (exact) mass is 307 g/mol. The van der Waals surface area contributed by atoms with E-state index in [0.29, 0.717) is 10.7 Å². The number of nitrogens with one attached hydrogen (secondary N) is 2. The third-order valence-electron chi connectivity index (χ3n) is 2.87. The standard InChI is InChI=1S/C14H14ClN3O3/c15-10-3-1-2-9(4-10)5-13(19)18-12(14(20)21)6-11-7-16-8-17-11/h1-4,7-8,12H,5-6H2,(H,16,17)(H,18,19)(H,20,21)/t12-/m0/s1. The highest BCUT2D eigenvalue weighted by Crippen LogP contribution is 2.11. The van der Waals surface area contributed by atoms with Crippen molar-refractivity contribution in [2.75, 3.05) is 0 Å². The Kier molecular flexibility index (Phi) is 4.94. The fourth-order valence-electron chi connectivity index (χ4n) is 1.89. The average Bonchev–Trinajstić information content (AvgIpc) is 2.90. The molecule has 0 saturated carbocycles. The number of imidazole rings is 1. The van der Waals surface area contributed by atoms with E-state index < -0.39 is 12.0 Å². The Morgan fingerprint density at radius 2 is 2.24 bits per heavy atom. The van der Waals surface area contributed by atoms with E-state index in [4.69, 9.17) is 16.7 Å². The minimum Gasteiger partial charge on any atom is -0.480 e. The number of carboxylic acid groups (broad SMARTS) is 1. The van der Waals surface area contributed by atoms with Crippen molar-refractivity contribution in [3.8, 4) is 0 Å². The zero-order valence-corrected chi connectivity index (χ0v) is 11.8. The number of carbonyl (C=O) groups excluding carboxylic acids is 1. The maximum atomic E-state index is 11.9. The minimum absolute atomic E-state index is 0.0767. The Balaban J connectivity index is 1.96. The van der Waals surface area contributed by atoms with Crippen LogP contribution in [0.1, 0.15) is 11.3 Å². The number of rotatable bonds is 6. The highest BCUT2D eigenvalue weighted by atomic mass is 35.5. The van der Waals surface area contributed by atoms with Gasteiger partial charge in [0.05, 0.1) is 12.7 Å². The van der Waals surface area contributed by atoms with Crippen LogP contribution in [0.3, 0.4) is 0 Å². The van der Waals surface area contributed by atoms with Gasteiger partial charge >= 0.3 is 5.97 Å². The van der Waals surface area contributed by atoms with Gasteiger partial charge in [-0.3, -0.25) is 4.79 Å². The maximum Gasteiger partial charge on any atom is 0.326 e. The lowest BCUT2D eigenvalue weighted by Gasteiger charge is -2.13. The van der Waals surface area contributed by atoms with Crippen LogP contribution in [-0.4, -0.2) is 33.0 Å². The van der Waals surface area contributed by atoms with Gasteiger partial charge in [-0.05, 0) is 17.7 Å². The summed E-state index contributed by atoms with van der Waals surface area (Å²) in [6.07, 6.45) is 3.21. The van der Waals surface area contributed by atoms with Crippen LogP contribution in [0, 0.1) is 0 Å². The smallest absolute Gasteiger partial charge is 0.326 e. The Labute approximate surface area is 126 Å². The Morgan fingerprint density at radius 3 is 2.86 bits per heavy atom. The van der Waals surface area contributed by atoms with Crippen molar-refractivity contribution in [3.05, 3.63) is 53.1 Å². The molecule has 110 valence electrons. The number of halogens is 1. The van der Waals surface area contributed by atoms with Crippen molar-refractivity contribution in [3.63, 3.8) is 0 Å². The molecule has 0 bridgehead atoms. The van der Waals surface area contributed by atoms with Gasteiger partial charge in [-0.2, -0.15) is 0 Å². The molecule has 2 aromatic rings. The quantitative estimate of drug-likeness (QED) is 0.752. The molecule has 0 unspecified atom stereocenters. The second-order valence-corrected chi connectivity index (χ2v) is 4.98. The molecule has 6 nitrogen and oxygen atoms in total. The number of H-pyrrole nitrogens is 1. The van der Waals surface area contributed by atoms with Gasteiger partial charge in [0.1, 0.15) is 6.04 Å². The van der Waals surface area contributed by atoms with Gasteiger partial charge in [0, 0.05) is 23.3 Å². The molecule has 7 heteroatoms. The van der Waals surface area contributed by atoms with Crippen molar-refractivity contribution in [2.45, 2.75) is 18.9 Å². The highest BCUT2D eigenvalue weighted by Gasteiger charge is 2.21. The predicted octanol–water partition coefficient (Wildman–Crippen LogP) is 1.42. The van der Waals surface area contributed by atoms with Gasteiger partial charge in [-0.1, -0.05) is 23.7 Å². The summed E-state index contributed by atoms with van der Waals surface area (Å²) in [5.41, 5.74) is 1.37. The largest absolute Gasteiger partial charge is 0.480 e. The first-order chi connectivity index (χ1) is 10.0. The first kappa shape index (κ1) is 15.1. The molecule has 0 radical (unpaired) electrons. The SMILES string of the molecule is O=C(Cc1cccc(Cl)c1)N[C@@H](Cc1cnc[nH]1)C(=O)O. The van der Waals surface area contributed by atoms with Crippen molar-refractivity contribution in [2.24, 2.45) is 0 Å². The molecular weight excluding hydrogens is 294 g/mol. The lowest BCUT2D eigenvalue weighted by atomic mass is 10.1. The molecule has 1 aromatic carbocycles. The zero-order valence-electron chi connectivity index (χ0n) is 11.0. The Hall–Kier alpha value is -2.34. The summed E-state index contributed by atoms with van der Waals surface area (Å²) in [6, 6.07) is 5.88. The molecule has 3 N–H and O–H groups in total. The molecule has 21 heavy (non-hydrogen) atoms. The third kappa shape index (κ3) is 4.61. The molecule has 1 amide bonds. The van der Waals surface area contributed by atoms with E-state index in [1.807, 2.05) is 0 Å². The summed E-state index contributed by atoms with van der Waals surface area (Å²) in [4.78, 5) is 29.7. The van der Waals surface area contributed by atoms with Crippen LogP contribution < -0.4 is 5.32 Å². The maximum absolute atomic E-state index is 11.9. The molecule has 1 aromatic heterocycles. The van der Waals surface area contributed by atoms with Crippen LogP contribution in [0.5, 0.6) is 0 Å². The summed E-state index contributed by atoms with van der Waals surface area (Å²) >= 11 is 5.84. The second-order valence-electron chi connectivity index (χ2n) is 4.55. The summed E-state index contributed by atoms with van der Waals surface area (Å²) in [5.74, 6) is -1.46. The molecule has 0 aliphatic rings. The average molecular weight is 308 g/mol. The number of hydrogen-bond donors (Lipinski definition) is 3. The number of carboxylic acids is 1. The topological polar surface area (TPSA) is 95.1 Å². The highest BCUT2D eigenvalue weighted by molar-refractivity contribution is 6.30. The zero-order chi connectivity index (χ0) is 15.2. The van der Waals surface area contributed by atoms with Gasteiger partial charge in [-0.25, -0.2) is 9.78 Å². The first-order valence-corrected chi connectivity index (χ1v) is 6.66. The van der Waals surface area contributed by atoms with Crippen LogP contribution in [0.2, 0.25) is 5.02 Å². The van der Waals surface area contributed by atoms with Crippen LogP contribution in [0.4, 0.5) is 0 Å². The van der Waals surface area contributed by atoms with Gasteiger partial charge < -0.3 is 15.4 Å². The summed E-state index contributed by atoms with van der Waals surface area (Å²) in [5, 5.41) is 12.2. The van der Waals surface area contributed by atoms with Crippen molar-refractivity contribution in [1.82, 2.24) is 15.3 Å². The first-order valence-electron chi connectivity index (χ1n) is 6.28. The van der Waals surface area contributed by atoms with Crippen molar-refractivity contribution >= 4 is 23.5 Å². The molecule has 0 fully saturated rings. The van der Waals surface area contributed by atoms with Gasteiger partial charge in [-0.15, -0.1) is 0 Å². The lowest BCUT2D eigenvalue weighted by Crippen LogP contribution is -2.43. The van der Waals surface area contributed by atoms with E-state index in [-0.39, 0.29) is 18.7 Å². The molecule has 1 heterocycles. The molecule has 0 aliphatic carbocycles. The van der Waals surface area contributed by atoms with E-state index in [0.717, 1.165) is 5.56 Å². The van der Waals surface area contributed by atoms with E-state index in [2.05, 4.69) is 15.3 Å². The summed E-state index contributed by atoms with van der Waals surface area (Å²) < 4.78 is 0. The van der Waals surface area contributed by atoms with Crippen LogP contribution in [0.25, 0.3) is 0 Å². The van der Waals surface area contributed by atoms with Gasteiger partial charge in [0.2, 0.25) is 5.91 Å². The fourth-order valence-corrected chi connectivity index (χ4v) is 2.11. The number of aromatic amines is 1. The molecular formula is C14H14ClN3O3. The summed E-state index contributed by atoms with van der Waals surface area (Å²) in [6.45, 7) is 0. The lowest BCUT2D eigenvalue weighted by molar-refractivity contribution is -0.141. The number of hydrogen-bond acceptors (Lipinski definition) is 3. The number of nitrogens with zero attached hydrogens (tertiary/aromatic N) is 1. The number of amides is 1. The van der Waals surface area contributed by atoms with Crippen molar-refractivity contribution in [1.29, 1.82) is 0 Å². The second kappa shape index (κ2) is 6.90. The molecule has 0 saturated heterocycles. The Morgan fingerprint density at radius 1 is 1.43 bits per heavy atom. The van der Waals surface area contributed by atoms with E-state index in [1.165, 1.54) is 12.5 Å². The van der Waals surface area contributed by atoms with E-state index >= 15 is 0 Å². The summed E-state index contributed by atoms with van der Waals surface area (Å²) in [7, 11) is 0. The molecule has 0 aliphatic heterocycles. The van der Waals surface area contributed by atoms with E-state index in [9.17, 15) is 9.59 Å². The van der Waals surface area contributed by atoms with Gasteiger partial charge in [0.15, 0.2) is 0 Å². The van der Waals surface area contributed by atoms with Crippen LogP contribution in [0.15, 0.2) is 36.8 Å². The predicted molar refractivity (Wildman–Crippen MR) is 77.0 cm³/mol. The number of benzene rings is 1. The fraction of sp³-hybridized carbons (Fsp3) is 0.214. The molecule has 1 atom stereocenters.